The Kier molecular flexibility index (Phi) is 7.98. The van der Waals surface area contributed by atoms with Gasteiger partial charge in [-0.15, -0.1) is 11.8 Å². The van der Waals surface area contributed by atoms with Crippen molar-refractivity contribution in [3.63, 3.8) is 0 Å². The number of aromatic nitrogens is 2. The summed E-state index contributed by atoms with van der Waals surface area (Å²) >= 11 is 1.53. The summed E-state index contributed by atoms with van der Waals surface area (Å²) in [5, 5.41) is 7.87. The number of rotatable bonds is 7. The number of nitrogens with one attached hydrogen (secondary N) is 1. The molecule has 1 aliphatic rings. The van der Waals surface area contributed by atoms with Gasteiger partial charge in [-0.1, -0.05) is 66.2 Å². The quantitative estimate of drug-likeness (QED) is 0.310. The number of thioether (sulfide) groups is 1. The summed E-state index contributed by atoms with van der Waals surface area (Å²) < 4.78 is 7.63. The zero-order chi connectivity index (χ0) is 28.4. The van der Waals surface area contributed by atoms with Crippen molar-refractivity contribution in [2.45, 2.75) is 39.0 Å². The van der Waals surface area contributed by atoms with Crippen molar-refractivity contribution in [1.29, 1.82) is 0 Å². The highest BCUT2D eigenvalue weighted by Gasteiger charge is 2.38. The van der Waals surface area contributed by atoms with Gasteiger partial charge in [0.25, 0.3) is 0 Å². The molecule has 1 atom stereocenters. The molecule has 0 saturated heterocycles. The summed E-state index contributed by atoms with van der Waals surface area (Å²) in [5.74, 6) is 1.18. The SMILES string of the molecule is COc1ccccc1C1SCC(=O)N(CC(=O)NC(C)C)c2c1c(-c1ccccc1)nn2-c1ccc(C)cc1C. The smallest absolute Gasteiger partial charge is 0.240 e. The topological polar surface area (TPSA) is 76.5 Å². The fourth-order valence-corrected chi connectivity index (χ4v) is 6.40. The molecule has 0 fully saturated rings. The molecule has 1 unspecified atom stereocenters. The summed E-state index contributed by atoms with van der Waals surface area (Å²) in [7, 11) is 1.66. The van der Waals surface area contributed by atoms with Crippen LogP contribution in [0.1, 0.15) is 41.4 Å². The Morgan fingerprint density at radius 2 is 1.80 bits per heavy atom. The molecule has 0 aliphatic carbocycles. The summed E-state index contributed by atoms with van der Waals surface area (Å²) in [6.45, 7) is 7.81. The van der Waals surface area contributed by atoms with Crippen LogP contribution in [0.3, 0.4) is 0 Å². The van der Waals surface area contributed by atoms with Gasteiger partial charge in [-0.25, -0.2) is 4.68 Å². The minimum absolute atomic E-state index is 0.0473. The molecule has 5 rings (SSSR count). The predicted octanol–water partition coefficient (Wildman–Crippen LogP) is 5.86. The third-order valence-corrected chi connectivity index (χ3v) is 8.13. The fourth-order valence-electron chi connectivity index (χ4n) is 5.18. The number of carbonyl (C=O) groups is 2. The van der Waals surface area contributed by atoms with Crippen molar-refractivity contribution in [2.24, 2.45) is 0 Å². The van der Waals surface area contributed by atoms with Crippen LogP contribution in [0.4, 0.5) is 5.82 Å². The van der Waals surface area contributed by atoms with Crippen LogP contribution >= 0.6 is 11.8 Å². The molecule has 3 aromatic carbocycles. The minimum Gasteiger partial charge on any atom is -0.496 e. The van der Waals surface area contributed by atoms with E-state index in [1.54, 1.807) is 12.0 Å². The number of carbonyl (C=O) groups excluding carboxylic acids is 2. The van der Waals surface area contributed by atoms with E-state index < -0.39 is 0 Å². The van der Waals surface area contributed by atoms with Gasteiger partial charge < -0.3 is 10.1 Å². The average molecular weight is 555 g/mol. The third-order valence-electron chi connectivity index (χ3n) is 6.89. The lowest BCUT2D eigenvalue weighted by molar-refractivity contribution is -0.123. The second-order valence-corrected chi connectivity index (χ2v) is 11.4. The van der Waals surface area contributed by atoms with Crippen LogP contribution < -0.4 is 15.0 Å². The molecule has 1 aliphatic heterocycles. The van der Waals surface area contributed by atoms with Crippen LogP contribution in [0.25, 0.3) is 16.9 Å². The number of para-hydroxylation sites is 1. The number of fused-ring (bicyclic) bond motifs is 1. The van der Waals surface area contributed by atoms with Gasteiger partial charge in [0.1, 0.15) is 18.1 Å². The van der Waals surface area contributed by atoms with Gasteiger partial charge in [-0.3, -0.25) is 14.5 Å². The first-order valence-electron chi connectivity index (χ1n) is 13.4. The highest BCUT2D eigenvalue weighted by Crippen LogP contribution is 2.50. The van der Waals surface area contributed by atoms with Gasteiger partial charge >= 0.3 is 0 Å². The van der Waals surface area contributed by atoms with E-state index in [0.717, 1.165) is 44.9 Å². The van der Waals surface area contributed by atoms with Crippen molar-refractivity contribution in [1.82, 2.24) is 15.1 Å². The Morgan fingerprint density at radius 3 is 2.50 bits per heavy atom. The number of ether oxygens (including phenoxy) is 1. The van der Waals surface area contributed by atoms with E-state index in [0.29, 0.717) is 5.82 Å². The van der Waals surface area contributed by atoms with Gasteiger partial charge in [0.2, 0.25) is 11.8 Å². The number of benzene rings is 3. The van der Waals surface area contributed by atoms with Crippen molar-refractivity contribution in [3.05, 3.63) is 95.1 Å². The van der Waals surface area contributed by atoms with Crippen LogP contribution in [0, 0.1) is 13.8 Å². The van der Waals surface area contributed by atoms with E-state index >= 15 is 0 Å². The Hall–Kier alpha value is -4.04. The molecular formula is C32H34N4O3S. The first-order valence-corrected chi connectivity index (χ1v) is 14.4. The lowest BCUT2D eigenvalue weighted by atomic mass is 9.99. The third kappa shape index (κ3) is 5.36. The molecule has 2 heterocycles. The van der Waals surface area contributed by atoms with Gasteiger partial charge in [0.15, 0.2) is 0 Å². The molecule has 1 N–H and O–H groups in total. The lowest BCUT2D eigenvalue weighted by Crippen LogP contribution is -2.44. The van der Waals surface area contributed by atoms with Crippen LogP contribution in [-0.4, -0.2) is 47.0 Å². The van der Waals surface area contributed by atoms with Gasteiger partial charge in [0.05, 0.1) is 29.5 Å². The van der Waals surface area contributed by atoms with Gasteiger partial charge in [-0.05, 0) is 45.4 Å². The summed E-state index contributed by atoms with van der Waals surface area (Å²) in [4.78, 5) is 28.6. The van der Waals surface area contributed by atoms with E-state index in [1.165, 1.54) is 11.8 Å². The standard InChI is InChI=1S/C32H34N4O3S/c1-20(2)33-27(37)18-35-28(38)19-40-31(24-13-9-10-14-26(24)39-5)29-30(23-11-7-6-8-12-23)34-36(32(29)35)25-16-15-21(3)17-22(25)4/h6-17,20,31H,18-19H2,1-5H3,(H,33,37). The second-order valence-electron chi connectivity index (χ2n) is 10.3. The van der Waals surface area contributed by atoms with Gasteiger partial charge in [0, 0.05) is 22.7 Å². The van der Waals surface area contributed by atoms with Gasteiger partial charge in [-0.2, -0.15) is 5.10 Å². The average Bonchev–Trinajstić information content (AvgIpc) is 3.25. The number of amides is 2. The Balaban J connectivity index is 1.84. The Morgan fingerprint density at radius 1 is 1.07 bits per heavy atom. The van der Waals surface area contributed by atoms with Crippen LogP contribution in [0.2, 0.25) is 0 Å². The summed E-state index contributed by atoms with van der Waals surface area (Å²) in [5.41, 5.74) is 6.55. The van der Waals surface area contributed by atoms with E-state index in [9.17, 15) is 9.59 Å². The van der Waals surface area contributed by atoms with Crippen LogP contribution in [0.15, 0.2) is 72.8 Å². The number of hydrogen-bond donors (Lipinski definition) is 1. The molecule has 4 aromatic rings. The molecule has 0 saturated carbocycles. The summed E-state index contributed by atoms with van der Waals surface area (Å²) in [6, 6.07) is 24.0. The molecule has 40 heavy (non-hydrogen) atoms. The van der Waals surface area contributed by atoms with E-state index in [1.807, 2.05) is 92.2 Å². The molecule has 206 valence electrons. The normalized spacial score (nSPS) is 15.1. The maximum absolute atomic E-state index is 13.9. The number of methoxy groups -OCH3 is 1. The Bertz CT molecular complexity index is 1550. The number of hydrogen-bond acceptors (Lipinski definition) is 5. The molecule has 0 bridgehead atoms. The van der Waals surface area contributed by atoms with Crippen LogP contribution in [-0.2, 0) is 9.59 Å². The highest BCUT2D eigenvalue weighted by atomic mass is 32.2. The maximum Gasteiger partial charge on any atom is 0.240 e. The highest BCUT2D eigenvalue weighted by molar-refractivity contribution is 8.00. The fraction of sp³-hybridized carbons (Fsp3) is 0.281. The van der Waals surface area contributed by atoms with Crippen molar-refractivity contribution >= 4 is 29.4 Å². The predicted molar refractivity (Wildman–Crippen MR) is 161 cm³/mol. The largest absolute Gasteiger partial charge is 0.496 e. The second kappa shape index (κ2) is 11.6. The summed E-state index contributed by atoms with van der Waals surface area (Å²) in [6.07, 6.45) is 0. The van der Waals surface area contributed by atoms with Crippen molar-refractivity contribution < 1.29 is 14.3 Å². The van der Waals surface area contributed by atoms with Crippen molar-refractivity contribution in [3.8, 4) is 22.7 Å². The number of anilines is 1. The van der Waals surface area contributed by atoms with E-state index in [-0.39, 0.29) is 35.4 Å². The zero-order valence-corrected chi connectivity index (χ0v) is 24.3. The molecular weight excluding hydrogens is 520 g/mol. The minimum atomic E-state index is -0.261. The Labute approximate surface area is 239 Å². The monoisotopic (exact) mass is 554 g/mol. The molecule has 0 radical (unpaired) electrons. The molecule has 8 heteroatoms. The lowest BCUT2D eigenvalue weighted by Gasteiger charge is -2.24. The maximum atomic E-state index is 13.9. The number of nitrogens with zero attached hydrogens (tertiary/aromatic N) is 3. The van der Waals surface area contributed by atoms with E-state index in [2.05, 4.69) is 18.3 Å². The molecule has 0 spiro atoms. The van der Waals surface area contributed by atoms with Crippen molar-refractivity contribution in [2.75, 3.05) is 24.3 Å². The van der Waals surface area contributed by atoms with E-state index in [4.69, 9.17) is 9.84 Å². The molecule has 7 nitrogen and oxygen atoms in total. The first-order chi connectivity index (χ1) is 19.3. The zero-order valence-electron chi connectivity index (χ0n) is 23.5. The molecule has 2 amide bonds. The molecule has 1 aromatic heterocycles. The first kappa shape index (κ1) is 27.5. The van der Waals surface area contributed by atoms with Crippen LogP contribution in [0.5, 0.6) is 5.75 Å². The number of aryl methyl sites for hydroxylation is 2.